The van der Waals surface area contributed by atoms with Gasteiger partial charge in [0.05, 0.1) is 15.7 Å². The Labute approximate surface area is 146 Å². The summed E-state index contributed by atoms with van der Waals surface area (Å²) in [6, 6.07) is 10.9. The second-order valence-electron chi connectivity index (χ2n) is 5.35. The highest BCUT2D eigenvalue weighted by Crippen LogP contribution is 2.30. The van der Waals surface area contributed by atoms with Crippen molar-refractivity contribution in [3.63, 3.8) is 0 Å². The van der Waals surface area contributed by atoms with E-state index in [0.29, 0.717) is 27.9 Å². The maximum Gasteiger partial charge on any atom is 0.265 e. The molecule has 0 aliphatic carbocycles. The molecule has 0 aliphatic rings. The minimum absolute atomic E-state index is 0.255. The van der Waals surface area contributed by atoms with Gasteiger partial charge >= 0.3 is 0 Å². The number of amides is 1. The van der Waals surface area contributed by atoms with Crippen molar-refractivity contribution in [3.8, 4) is 5.75 Å². The first-order valence-corrected chi connectivity index (χ1v) is 8.16. The zero-order valence-electron chi connectivity index (χ0n) is 13.3. The molecule has 2 aromatic carbocycles. The van der Waals surface area contributed by atoms with Crippen molar-refractivity contribution in [2.45, 2.75) is 33.3 Å². The smallest absolute Gasteiger partial charge is 0.265 e. The van der Waals surface area contributed by atoms with Gasteiger partial charge in [-0.05, 0) is 55.7 Å². The van der Waals surface area contributed by atoms with Crippen LogP contribution in [0, 0.1) is 13.8 Å². The Balaban J connectivity index is 2.12. The van der Waals surface area contributed by atoms with E-state index in [-0.39, 0.29) is 5.91 Å². The zero-order valence-corrected chi connectivity index (χ0v) is 14.8. The summed E-state index contributed by atoms with van der Waals surface area (Å²) in [5.74, 6) is 0.419. The fourth-order valence-electron chi connectivity index (χ4n) is 2.09. The lowest BCUT2D eigenvalue weighted by atomic mass is 10.1. The van der Waals surface area contributed by atoms with Crippen LogP contribution in [0.4, 0.5) is 5.69 Å². The molecule has 0 saturated heterocycles. The molecule has 3 nitrogen and oxygen atoms in total. The van der Waals surface area contributed by atoms with Crippen LogP contribution >= 0.6 is 23.2 Å². The lowest BCUT2D eigenvalue weighted by molar-refractivity contribution is -0.122. The van der Waals surface area contributed by atoms with Crippen LogP contribution < -0.4 is 10.1 Å². The normalized spacial score (nSPS) is 11.9. The molecule has 0 bridgehead atoms. The van der Waals surface area contributed by atoms with Crippen LogP contribution in [0.2, 0.25) is 10.0 Å². The number of anilines is 1. The molecule has 1 amide bonds. The molecular weight excluding hydrogens is 333 g/mol. The minimum atomic E-state index is -0.604. The van der Waals surface area contributed by atoms with E-state index in [1.54, 1.807) is 18.2 Å². The molecule has 0 fully saturated rings. The summed E-state index contributed by atoms with van der Waals surface area (Å²) in [5, 5.41) is 3.49. The van der Waals surface area contributed by atoms with Gasteiger partial charge in [-0.15, -0.1) is 0 Å². The molecule has 2 aromatic rings. The van der Waals surface area contributed by atoms with E-state index in [9.17, 15) is 4.79 Å². The van der Waals surface area contributed by atoms with Gasteiger partial charge in [0.15, 0.2) is 6.10 Å². The molecule has 5 heteroatoms. The van der Waals surface area contributed by atoms with Crippen LogP contribution in [0.5, 0.6) is 5.75 Å². The summed E-state index contributed by atoms with van der Waals surface area (Å²) in [7, 11) is 0. The Morgan fingerprint density at radius 1 is 1.17 bits per heavy atom. The lowest BCUT2D eigenvalue weighted by Gasteiger charge is -2.18. The van der Waals surface area contributed by atoms with Crippen molar-refractivity contribution in [2.75, 3.05) is 5.32 Å². The number of hydrogen-bond donors (Lipinski definition) is 1. The molecule has 0 radical (unpaired) electrons. The predicted octanol–water partition coefficient (Wildman–Crippen LogP) is 5.41. The van der Waals surface area contributed by atoms with Gasteiger partial charge in [-0.25, -0.2) is 0 Å². The Hall–Kier alpha value is -1.71. The molecule has 0 spiro atoms. The predicted molar refractivity (Wildman–Crippen MR) is 95.7 cm³/mol. The van der Waals surface area contributed by atoms with E-state index in [1.807, 2.05) is 39.0 Å². The fraction of sp³-hybridized carbons (Fsp3) is 0.278. The first kappa shape index (κ1) is 17.6. The summed E-state index contributed by atoms with van der Waals surface area (Å²) in [6.45, 7) is 5.93. The van der Waals surface area contributed by atoms with Gasteiger partial charge in [-0.2, -0.15) is 0 Å². The molecule has 122 valence electrons. The first-order valence-electron chi connectivity index (χ1n) is 7.41. The SMILES string of the molecule is CC[C@@H](Oc1ccc(C)c(C)c1)C(=O)Nc1cccc(Cl)c1Cl. The van der Waals surface area contributed by atoms with Gasteiger partial charge in [-0.1, -0.05) is 42.3 Å². The molecule has 1 N–H and O–H groups in total. The number of rotatable bonds is 5. The van der Waals surface area contributed by atoms with Gasteiger partial charge in [0.2, 0.25) is 0 Å². The Morgan fingerprint density at radius 2 is 1.91 bits per heavy atom. The number of carbonyl (C=O) groups is 1. The third-order valence-corrected chi connectivity index (χ3v) is 4.45. The maximum atomic E-state index is 12.4. The summed E-state index contributed by atoms with van der Waals surface area (Å²) in [6.07, 6.45) is -0.0659. The van der Waals surface area contributed by atoms with Crippen molar-refractivity contribution in [3.05, 3.63) is 57.6 Å². The summed E-state index contributed by atoms with van der Waals surface area (Å²) < 4.78 is 5.82. The number of ether oxygens (including phenoxy) is 1. The summed E-state index contributed by atoms with van der Waals surface area (Å²) in [4.78, 5) is 12.4. The zero-order chi connectivity index (χ0) is 17.0. The standard InChI is InChI=1S/C18H19Cl2NO2/c1-4-16(23-13-9-8-11(2)12(3)10-13)18(22)21-15-7-5-6-14(19)17(15)20/h5-10,16H,4H2,1-3H3,(H,21,22)/t16-/m1/s1. The number of halogens is 2. The van der Waals surface area contributed by atoms with Crippen molar-refractivity contribution in [1.82, 2.24) is 0 Å². The monoisotopic (exact) mass is 351 g/mol. The van der Waals surface area contributed by atoms with E-state index < -0.39 is 6.10 Å². The number of nitrogens with one attached hydrogen (secondary N) is 1. The molecule has 0 aromatic heterocycles. The highest BCUT2D eigenvalue weighted by molar-refractivity contribution is 6.44. The molecule has 0 saturated carbocycles. The van der Waals surface area contributed by atoms with Crippen molar-refractivity contribution in [1.29, 1.82) is 0 Å². The first-order chi connectivity index (χ1) is 10.9. The van der Waals surface area contributed by atoms with Crippen molar-refractivity contribution >= 4 is 34.8 Å². The molecular formula is C18H19Cl2NO2. The third-order valence-electron chi connectivity index (χ3n) is 3.63. The summed E-state index contributed by atoms with van der Waals surface area (Å²) in [5.41, 5.74) is 2.78. The van der Waals surface area contributed by atoms with Crippen LogP contribution in [0.3, 0.4) is 0 Å². The molecule has 0 aliphatic heterocycles. The Bertz CT molecular complexity index is 716. The molecule has 1 atom stereocenters. The minimum Gasteiger partial charge on any atom is -0.481 e. The highest BCUT2D eigenvalue weighted by Gasteiger charge is 2.20. The number of aryl methyl sites for hydroxylation is 2. The van der Waals surface area contributed by atoms with Crippen molar-refractivity contribution < 1.29 is 9.53 Å². The van der Waals surface area contributed by atoms with Gasteiger partial charge < -0.3 is 10.1 Å². The van der Waals surface area contributed by atoms with Crippen molar-refractivity contribution in [2.24, 2.45) is 0 Å². The van der Waals surface area contributed by atoms with Crippen LogP contribution in [-0.4, -0.2) is 12.0 Å². The van der Waals surface area contributed by atoms with Crippen LogP contribution in [0.25, 0.3) is 0 Å². The second kappa shape index (κ2) is 7.71. The number of benzene rings is 2. The molecule has 0 heterocycles. The van der Waals surface area contributed by atoms with E-state index in [0.717, 1.165) is 5.56 Å². The molecule has 23 heavy (non-hydrogen) atoms. The summed E-state index contributed by atoms with van der Waals surface area (Å²) >= 11 is 12.1. The number of hydrogen-bond acceptors (Lipinski definition) is 2. The quantitative estimate of drug-likeness (QED) is 0.782. The molecule has 2 rings (SSSR count). The van der Waals surface area contributed by atoms with Crippen LogP contribution in [0.15, 0.2) is 36.4 Å². The fourth-order valence-corrected chi connectivity index (χ4v) is 2.44. The highest BCUT2D eigenvalue weighted by atomic mass is 35.5. The van der Waals surface area contributed by atoms with E-state index in [4.69, 9.17) is 27.9 Å². The second-order valence-corrected chi connectivity index (χ2v) is 6.14. The lowest BCUT2D eigenvalue weighted by Crippen LogP contribution is -2.32. The third kappa shape index (κ3) is 4.40. The van der Waals surface area contributed by atoms with Gasteiger partial charge in [0.25, 0.3) is 5.91 Å². The maximum absolute atomic E-state index is 12.4. The van der Waals surface area contributed by atoms with Gasteiger partial charge in [-0.3, -0.25) is 4.79 Å². The van der Waals surface area contributed by atoms with Gasteiger partial charge in [0.1, 0.15) is 5.75 Å². The number of carbonyl (C=O) groups excluding carboxylic acids is 1. The van der Waals surface area contributed by atoms with E-state index in [1.165, 1.54) is 5.56 Å². The average Bonchev–Trinajstić information content (AvgIpc) is 2.52. The topological polar surface area (TPSA) is 38.3 Å². The van der Waals surface area contributed by atoms with Crippen LogP contribution in [0.1, 0.15) is 24.5 Å². The Morgan fingerprint density at radius 3 is 2.57 bits per heavy atom. The average molecular weight is 352 g/mol. The Kier molecular flexibility index (Phi) is 5.91. The van der Waals surface area contributed by atoms with E-state index in [2.05, 4.69) is 5.32 Å². The van der Waals surface area contributed by atoms with Crippen LogP contribution in [-0.2, 0) is 4.79 Å². The largest absolute Gasteiger partial charge is 0.481 e. The van der Waals surface area contributed by atoms with E-state index >= 15 is 0 Å². The molecule has 0 unspecified atom stereocenters. The van der Waals surface area contributed by atoms with Gasteiger partial charge in [0, 0.05) is 0 Å².